The van der Waals surface area contributed by atoms with Gasteiger partial charge in [-0.25, -0.2) is 0 Å². The molecule has 0 saturated carbocycles. The summed E-state index contributed by atoms with van der Waals surface area (Å²) in [5.41, 5.74) is 5.62. The second-order valence-electron chi connectivity index (χ2n) is 3.26. The zero-order chi connectivity index (χ0) is 11.1. The summed E-state index contributed by atoms with van der Waals surface area (Å²) in [6.45, 7) is 2.03. The van der Waals surface area contributed by atoms with Crippen molar-refractivity contribution in [3.05, 3.63) is 0 Å². The molecule has 14 heavy (non-hydrogen) atoms. The van der Waals surface area contributed by atoms with Gasteiger partial charge in [-0.1, -0.05) is 13.3 Å². The number of carbonyl (C=O) groups is 2. The maximum absolute atomic E-state index is 11.5. The Morgan fingerprint density at radius 1 is 1.50 bits per heavy atom. The Kier molecular flexibility index (Phi) is 5.87. The normalized spacial score (nSPS) is 12.0. The molecule has 0 aromatic rings. The Labute approximate surface area is 84.6 Å². The van der Waals surface area contributed by atoms with Crippen molar-refractivity contribution in [3.63, 3.8) is 0 Å². The quantitative estimate of drug-likeness (QED) is 0.618. The van der Waals surface area contributed by atoms with Crippen molar-refractivity contribution in [2.24, 2.45) is 5.73 Å². The van der Waals surface area contributed by atoms with Gasteiger partial charge in [0.05, 0.1) is 12.6 Å². The van der Waals surface area contributed by atoms with E-state index in [4.69, 9.17) is 5.73 Å². The number of nitrogens with zero attached hydrogens (tertiary/aromatic N) is 1. The second-order valence-corrected chi connectivity index (χ2v) is 3.26. The summed E-state index contributed by atoms with van der Waals surface area (Å²) >= 11 is 0. The number of carbonyl (C=O) groups excluding carboxylic acids is 2. The van der Waals surface area contributed by atoms with Crippen LogP contribution < -0.4 is 11.1 Å². The number of likely N-dealkylation sites (N-methyl/N-ethyl adjacent to an activating group) is 2. The predicted octanol–water partition coefficient (Wildman–Crippen LogP) is -0.682. The highest BCUT2D eigenvalue weighted by atomic mass is 16.2. The molecule has 0 fully saturated rings. The summed E-state index contributed by atoms with van der Waals surface area (Å²) in [5.74, 6) is -0.375. The Morgan fingerprint density at radius 2 is 2.07 bits per heavy atom. The van der Waals surface area contributed by atoms with E-state index in [1.807, 2.05) is 6.92 Å². The molecule has 0 heterocycles. The first kappa shape index (κ1) is 12.9. The molecule has 1 atom stereocenters. The molecule has 5 nitrogen and oxygen atoms in total. The van der Waals surface area contributed by atoms with E-state index in [1.165, 1.54) is 11.9 Å². The standard InChI is InChI=1S/C9H19N3O2/c1-4-5-7(10)9(14)12(3)6-8(13)11-2/h7H,4-6,10H2,1-3H3,(H,11,13). The highest BCUT2D eigenvalue weighted by Gasteiger charge is 2.18. The monoisotopic (exact) mass is 201 g/mol. The zero-order valence-electron chi connectivity index (χ0n) is 9.04. The van der Waals surface area contributed by atoms with Crippen LogP contribution in [0.4, 0.5) is 0 Å². The zero-order valence-corrected chi connectivity index (χ0v) is 9.04. The predicted molar refractivity (Wildman–Crippen MR) is 54.6 cm³/mol. The summed E-state index contributed by atoms with van der Waals surface area (Å²) in [5, 5.41) is 2.45. The maximum atomic E-state index is 11.5. The van der Waals surface area contributed by atoms with Gasteiger partial charge in [-0.2, -0.15) is 0 Å². The van der Waals surface area contributed by atoms with Crippen LogP contribution in [-0.4, -0.2) is 43.4 Å². The van der Waals surface area contributed by atoms with E-state index in [0.717, 1.165) is 6.42 Å². The third-order valence-corrected chi connectivity index (χ3v) is 1.95. The lowest BCUT2D eigenvalue weighted by Crippen LogP contribution is -2.45. The molecule has 0 aliphatic heterocycles. The van der Waals surface area contributed by atoms with E-state index in [0.29, 0.717) is 6.42 Å². The summed E-state index contributed by atoms with van der Waals surface area (Å²) < 4.78 is 0. The van der Waals surface area contributed by atoms with Crippen molar-refractivity contribution in [1.82, 2.24) is 10.2 Å². The van der Waals surface area contributed by atoms with Crippen molar-refractivity contribution < 1.29 is 9.59 Å². The van der Waals surface area contributed by atoms with Crippen molar-refractivity contribution in [2.75, 3.05) is 20.6 Å². The molecule has 82 valence electrons. The van der Waals surface area contributed by atoms with Gasteiger partial charge in [0.1, 0.15) is 0 Å². The van der Waals surface area contributed by atoms with Crippen molar-refractivity contribution in [2.45, 2.75) is 25.8 Å². The minimum absolute atomic E-state index is 0.0622. The molecule has 0 aliphatic rings. The van der Waals surface area contributed by atoms with Crippen molar-refractivity contribution in [3.8, 4) is 0 Å². The fourth-order valence-electron chi connectivity index (χ4n) is 1.09. The molecule has 1 unspecified atom stereocenters. The van der Waals surface area contributed by atoms with Gasteiger partial charge in [0, 0.05) is 14.1 Å². The lowest BCUT2D eigenvalue weighted by atomic mass is 10.1. The Hall–Kier alpha value is -1.10. The van der Waals surface area contributed by atoms with Crippen LogP contribution >= 0.6 is 0 Å². The first-order valence-electron chi connectivity index (χ1n) is 4.74. The molecule has 3 N–H and O–H groups in total. The highest BCUT2D eigenvalue weighted by Crippen LogP contribution is 1.97. The number of nitrogens with two attached hydrogens (primary N) is 1. The highest BCUT2D eigenvalue weighted by molar-refractivity contribution is 5.87. The first-order chi connectivity index (χ1) is 6.52. The SMILES string of the molecule is CCCC(N)C(=O)N(C)CC(=O)NC. The average Bonchev–Trinajstić information content (AvgIpc) is 2.16. The van der Waals surface area contributed by atoms with E-state index in [1.54, 1.807) is 7.05 Å². The van der Waals surface area contributed by atoms with E-state index in [2.05, 4.69) is 5.32 Å². The third kappa shape index (κ3) is 4.23. The third-order valence-electron chi connectivity index (χ3n) is 1.95. The van der Waals surface area contributed by atoms with Gasteiger partial charge >= 0.3 is 0 Å². The number of amides is 2. The second kappa shape index (κ2) is 6.37. The molecule has 2 amide bonds. The van der Waals surface area contributed by atoms with Gasteiger partial charge in [-0.05, 0) is 6.42 Å². The van der Waals surface area contributed by atoms with Crippen LogP contribution in [0.15, 0.2) is 0 Å². The van der Waals surface area contributed by atoms with Crippen LogP contribution in [0.3, 0.4) is 0 Å². The Bertz CT molecular complexity index is 206. The number of rotatable bonds is 5. The molecule has 0 spiro atoms. The van der Waals surface area contributed by atoms with Crippen molar-refractivity contribution in [1.29, 1.82) is 0 Å². The number of hydrogen-bond acceptors (Lipinski definition) is 3. The molecule has 0 saturated heterocycles. The van der Waals surface area contributed by atoms with Crippen molar-refractivity contribution >= 4 is 11.8 Å². The lowest BCUT2D eigenvalue weighted by molar-refractivity contribution is -0.135. The molecular formula is C9H19N3O2. The van der Waals surface area contributed by atoms with Crippen LogP contribution in [0.25, 0.3) is 0 Å². The summed E-state index contributed by atoms with van der Waals surface area (Å²) in [7, 11) is 3.11. The first-order valence-corrected chi connectivity index (χ1v) is 4.74. The molecule has 0 bridgehead atoms. The fourth-order valence-corrected chi connectivity index (χ4v) is 1.09. The topological polar surface area (TPSA) is 75.4 Å². The van der Waals surface area contributed by atoms with Crippen LogP contribution in [0.2, 0.25) is 0 Å². The molecule has 5 heteroatoms. The maximum Gasteiger partial charge on any atom is 0.239 e. The number of hydrogen-bond donors (Lipinski definition) is 2. The van der Waals surface area contributed by atoms with E-state index < -0.39 is 6.04 Å². The van der Waals surface area contributed by atoms with Crippen LogP contribution in [0, 0.1) is 0 Å². The van der Waals surface area contributed by atoms with Gasteiger partial charge in [-0.3, -0.25) is 9.59 Å². The van der Waals surface area contributed by atoms with E-state index in [9.17, 15) is 9.59 Å². The summed E-state index contributed by atoms with van der Waals surface area (Å²) in [6.07, 6.45) is 1.51. The molecule has 0 aliphatic carbocycles. The largest absolute Gasteiger partial charge is 0.358 e. The lowest BCUT2D eigenvalue weighted by Gasteiger charge is -2.19. The number of nitrogens with one attached hydrogen (secondary N) is 1. The smallest absolute Gasteiger partial charge is 0.239 e. The minimum Gasteiger partial charge on any atom is -0.358 e. The van der Waals surface area contributed by atoms with Crippen LogP contribution in [0.1, 0.15) is 19.8 Å². The molecule has 0 rings (SSSR count). The Morgan fingerprint density at radius 3 is 2.50 bits per heavy atom. The Balaban J connectivity index is 4.04. The molecule has 0 aromatic heterocycles. The minimum atomic E-state index is -0.491. The summed E-state index contributed by atoms with van der Waals surface area (Å²) in [6, 6.07) is -0.491. The molecular weight excluding hydrogens is 182 g/mol. The van der Waals surface area contributed by atoms with Gasteiger partial charge in [0.15, 0.2) is 0 Å². The van der Waals surface area contributed by atoms with E-state index >= 15 is 0 Å². The van der Waals surface area contributed by atoms with Gasteiger partial charge in [-0.15, -0.1) is 0 Å². The summed E-state index contributed by atoms with van der Waals surface area (Å²) in [4.78, 5) is 23.8. The van der Waals surface area contributed by atoms with Crippen LogP contribution in [0.5, 0.6) is 0 Å². The average molecular weight is 201 g/mol. The van der Waals surface area contributed by atoms with Gasteiger partial charge in [0.25, 0.3) is 0 Å². The fraction of sp³-hybridized carbons (Fsp3) is 0.778. The van der Waals surface area contributed by atoms with Gasteiger partial charge < -0.3 is 16.0 Å². The van der Waals surface area contributed by atoms with E-state index in [-0.39, 0.29) is 18.4 Å². The van der Waals surface area contributed by atoms with Crippen LogP contribution in [-0.2, 0) is 9.59 Å². The molecule has 0 aromatic carbocycles. The van der Waals surface area contributed by atoms with Gasteiger partial charge in [0.2, 0.25) is 11.8 Å². The molecule has 0 radical (unpaired) electrons.